The number of pyridine rings is 1. The molecule has 0 bridgehead atoms. The number of aryl methyl sites for hydroxylation is 1. The maximum Gasteiger partial charge on any atom is 0.284 e. The monoisotopic (exact) mass is 285 g/mol. The lowest BCUT2D eigenvalue weighted by Gasteiger charge is -2.04. The molecular weight excluding hydrogens is 279 g/mol. The highest BCUT2D eigenvalue weighted by molar-refractivity contribution is 14.1. The van der Waals surface area contributed by atoms with Crippen LogP contribution >= 0.6 is 22.6 Å². The fourth-order valence-corrected chi connectivity index (χ4v) is 1.17. The minimum absolute atomic E-state index is 0.442. The highest BCUT2D eigenvalue weighted by Gasteiger charge is 2.15. The van der Waals surface area contributed by atoms with Crippen molar-refractivity contribution >= 4 is 22.6 Å². The first-order chi connectivity index (χ1) is 5.52. The first kappa shape index (κ1) is 9.63. The van der Waals surface area contributed by atoms with Gasteiger partial charge in [-0.2, -0.15) is 0 Å². The van der Waals surface area contributed by atoms with Gasteiger partial charge in [0.25, 0.3) is 6.43 Å². The molecule has 0 unspecified atom stereocenters. The van der Waals surface area contributed by atoms with Crippen molar-refractivity contribution in [2.45, 2.75) is 13.3 Å². The number of alkyl halides is 2. The van der Waals surface area contributed by atoms with Crippen molar-refractivity contribution in [1.29, 1.82) is 0 Å². The average molecular weight is 285 g/mol. The van der Waals surface area contributed by atoms with Gasteiger partial charge in [-0.15, -0.1) is 0 Å². The van der Waals surface area contributed by atoms with Gasteiger partial charge in [-0.25, -0.2) is 13.8 Å². The fourth-order valence-electron chi connectivity index (χ4n) is 0.750. The van der Waals surface area contributed by atoms with Crippen molar-refractivity contribution in [3.05, 3.63) is 21.0 Å². The van der Waals surface area contributed by atoms with Crippen molar-refractivity contribution in [1.82, 2.24) is 4.98 Å². The van der Waals surface area contributed by atoms with E-state index in [9.17, 15) is 8.78 Å². The summed E-state index contributed by atoms with van der Waals surface area (Å²) in [7, 11) is 0. The summed E-state index contributed by atoms with van der Waals surface area (Å²) < 4.78 is 24.7. The quantitative estimate of drug-likeness (QED) is 0.635. The lowest BCUT2D eigenvalue weighted by atomic mass is 10.2. The summed E-state index contributed by atoms with van der Waals surface area (Å²) in [6.07, 6.45) is -2.72. The molecule has 1 aromatic heterocycles. The van der Waals surface area contributed by atoms with Crippen LogP contribution in [0.1, 0.15) is 17.7 Å². The number of rotatable bonds is 1. The summed E-state index contributed by atoms with van der Waals surface area (Å²) >= 11 is 1.84. The first-order valence-electron chi connectivity index (χ1n) is 3.16. The summed E-state index contributed by atoms with van der Waals surface area (Å²) in [5, 5.41) is 9.04. The summed E-state index contributed by atoms with van der Waals surface area (Å²) in [5.41, 5.74) is 0.141. The zero-order chi connectivity index (χ0) is 9.30. The smallest absolute Gasteiger partial charge is 0.284 e. The Balaban J connectivity index is 3.23. The molecule has 1 aromatic rings. The molecule has 0 amide bonds. The number of aromatic nitrogens is 1. The minimum atomic E-state index is -2.72. The number of aromatic hydroxyl groups is 1. The van der Waals surface area contributed by atoms with E-state index in [2.05, 4.69) is 4.98 Å². The molecule has 0 aliphatic heterocycles. The number of nitrogens with zero attached hydrogens (tertiary/aromatic N) is 1. The molecule has 1 rings (SSSR count). The van der Waals surface area contributed by atoms with Gasteiger partial charge in [0.15, 0.2) is 0 Å². The predicted octanol–water partition coefficient (Wildman–Crippen LogP) is 2.64. The van der Waals surface area contributed by atoms with Crippen LogP contribution in [0, 0.1) is 10.6 Å². The molecule has 0 aliphatic carbocycles. The van der Waals surface area contributed by atoms with Gasteiger partial charge in [-0.3, -0.25) is 0 Å². The molecule has 0 spiro atoms. The summed E-state index contributed by atoms with van der Waals surface area (Å²) in [4.78, 5) is 3.56. The molecule has 5 heteroatoms. The molecule has 66 valence electrons. The molecule has 0 aliphatic rings. The number of hydrogen-bond acceptors (Lipinski definition) is 2. The van der Waals surface area contributed by atoms with Crippen LogP contribution in [0.4, 0.5) is 8.78 Å². The normalized spacial score (nSPS) is 10.8. The van der Waals surface area contributed by atoms with Crippen LogP contribution < -0.4 is 0 Å². The second-order valence-corrected chi connectivity index (χ2v) is 3.32. The van der Waals surface area contributed by atoms with Crippen molar-refractivity contribution in [3.63, 3.8) is 0 Å². The Hall–Kier alpha value is -0.460. The van der Waals surface area contributed by atoms with Gasteiger partial charge in [0, 0.05) is 0 Å². The Bertz CT molecular complexity index is 304. The van der Waals surface area contributed by atoms with Crippen molar-refractivity contribution in [2.75, 3.05) is 0 Å². The highest BCUT2D eigenvalue weighted by atomic mass is 127. The molecule has 0 radical (unpaired) electrons. The maximum atomic E-state index is 12.1. The molecule has 2 nitrogen and oxygen atoms in total. The van der Waals surface area contributed by atoms with Crippen molar-refractivity contribution in [2.24, 2.45) is 0 Å². The van der Waals surface area contributed by atoms with E-state index in [0.717, 1.165) is 0 Å². The average Bonchev–Trinajstić information content (AvgIpc) is 1.96. The Morgan fingerprint density at radius 3 is 2.67 bits per heavy atom. The van der Waals surface area contributed by atoms with Gasteiger partial charge in [0.2, 0.25) is 0 Å². The van der Waals surface area contributed by atoms with E-state index in [1.165, 1.54) is 6.07 Å². The van der Waals surface area contributed by atoms with E-state index in [0.29, 0.717) is 9.26 Å². The van der Waals surface area contributed by atoms with E-state index in [-0.39, 0.29) is 0 Å². The molecule has 0 atom stereocenters. The van der Waals surface area contributed by atoms with Gasteiger partial charge >= 0.3 is 0 Å². The van der Waals surface area contributed by atoms with Gasteiger partial charge in [-0.1, -0.05) is 0 Å². The van der Waals surface area contributed by atoms with Crippen LogP contribution in [0.3, 0.4) is 0 Å². The fraction of sp³-hybridized carbons (Fsp3) is 0.286. The molecular formula is C7H6F2INO. The lowest BCUT2D eigenvalue weighted by Crippen LogP contribution is -1.95. The van der Waals surface area contributed by atoms with Crippen LogP contribution in [-0.4, -0.2) is 10.1 Å². The van der Waals surface area contributed by atoms with E-state index < -0.39 is 17.9 Å². The van der Waals surface area contributed by atoms with Gasteiger partial charge in [-0.05, 0) is 41.1 Å². The van der Waals surface area contributed by atoms with Crippen LogP contribution in [-0.2, 0) is 0 Å². The third kappa shape index (κ3) is 1.82. The molecule has 0 saturated heterocycles. The van der Waals surface area contributed by atoms with Crippen LogP contribution in [0.5, 0.6) is 5.75 Å². The van der Waals surface area contributed by atoms with Crippen LogP contribution in [0.25, 0.3) is 0 Å². The van der Waals surface area contributed by atoms with Gasteiger partial charge < -0.3 is 5.11 Å². The Morgan fingerprint density at radius 2 is 2.17 bits per heavy atom. The van der Waals surface area contributed by atoms with Crippen molar-refractivity contribution in [3.8, 4) is 5.75 Å². The second-order valence-electron chi connectivity index (χ2n) is 2.30. The largest absolute Gasteiger partial charge is 0.506 e. The summed E-state index contributed by atoms with van der Waals surface area (Å²) in [6.45, 7) is 1.70. The Labute approximate surface area is 81.8 Å². The van der Waals surface area contributed by atoms with E-state index in [1.807, 2.05) is 22.6 Å². The van der Waals surface area contributed by atoms with Crippen molar-refractivity contribution < 1.29 is 13.9 Å². The third-order valence-electron chi connectivity index (χ3n) is 1.37. The number of hydrogen-bond donors (Lipinski definition) is 1. The summed E-state index contributed by atoms with van der Waals surface area (Å²) in [6, 6.07) is 1.29. The van der Waals surface area contributed by atoms with Crippen LogP contribution in [0.15, 0.2) is 6.07 Å². The predicted molar refractivity (Wildman–Crippen MR) is 48.3 cm³/mol. The molecule has 0 fully saturated rings. The minimum Gasteiger partial charge on any atom is -0.506 e. The highest BCUT2D eigenvalue weighted by Crippen LogP contribution is 2.28. The van der Waals surface area contributed by atoms with Gasteiger partial charge in [0.05, 0.1) is 0 Å². The zero-order valence-electron chi connectivity index (χ0n) is 6.18. The van der Waals surface area contributed by atoms with E-state index >= 15 is 0 Å². The SMILES string of the molecule is Cc1cc(O)c(C(F)F)nc1I. The molecule has 12 heavy (non-hydrogen) atoms. The zero-order valence-corrected chi connectivity index (χ0v) is 8.34. The van der Waals surface area contributed by atoms with E-state index in [4.69, 9.17) is 5.11 Å². The first-order valence-corrected chi connectivity index (χ1v) is 4.24. The topological polar surface area (TPSA) is 33.1 Å². The lowest BCUT2D eigenvalue weighted by molar-refractivity contribution is 0.141. The maximum absolute atomic E-state index is 12.1. The second kappa shape index (κ2) is 3.51. The molecule has 0 saturated carbocycles. The van der Waals surface area contributed by atoms with Gasteiger partial charge in [0.1, 0.15) is 15.1 Å². The van der Waals surface area contributed by atoms with Crippen LogP contribution in [0.2, 0.25) is 0 Å². The standard InChI is InChI=1S/C7H6F2INO/c1-3-2-4(12)5(6(8)9)11-7(3)10/h2,6,12H,1H3. The summed E-state index contributed by atoms with van der Waals surface area (Å²) in [5.74, 6) is -0.442. The Kier molecular flexibility index (Phi) is 2.81. The Morgan fingerprint density at radius 1 is 1.58 bits per heavy atom. The molecule has 0 aromatic carbocycles. The molecule has 1 N–H and O–H groups in total. The molecule has 1 heterocycles. The van der Waals surface area contributed by atoms with E-state index in [1.54, 1.807) is 6.92 Å². The third-order valence-corrected chi connectivity index (χ3v) is 2.46. The number of halogens is 3.